The fraction of sp³-hybridized carbons (Fsp3) is 0.500. The van der Waals surface area contributed by atoms with Crippen molar-refractivity contribution < 1.29 is 28.3 Å². The molecule has 0 unspecified atom stereocenters. The lowest BCUT2D eigenvalue weighted by molar-refractivity contribution is 0.00193. The predicted molar refractivity (Wildman–Crippen MR) is 89.2 cm³/mol. The Morgan fingerprint density at radius 2 is 1.44 bits per heavy atom. The van der Waals surface area contributed by atoms with Gasteiger partial charge in [0, 0.05) is 0 Å². The third kappa shape index (κ3) is 5.94. The molecular weight excluding hydrogens is 330 g/mol. The molecule has 25 heavy (non-hydrogen) atoms. The van der Waals surface area contributed by atoms with Crippen LogP contribution in [0.4, 0.5) is 0 Å². The molecule has 0 radical (unpaired) electrons. The highest BCUT2D eigenvalue weighted by atomic mass is 16.6. The average Bonchev–Trinajstić information content (AvgIpc) is 2.78. The number of amides is 1. The van der Waals surface area contributed by atoms with E-state index in [1.165, 1.54) is 0 Å². The molecule has 0 atom stereocenters. The first-order valence-electron chi connectivity index (χ1n) is 7.43. The van der Waals surface area contributed by atoms with Crippen LogP contribution in [-0.4, -0.2) is 35.0 Å². The fourth-order valence-corrected chi connectivity index (χ4v) is 1.70. The zero-order valence-corrected chi connectivity index (χ0v) is 15.1. The molecule has 9 nitrogen and oxygen atoms in total. The number of carbonyl (C=O) groups excluding carboxylic acids is 3. The number of rotatable bonds is 3. The van der Waals surface area contributed by atoms with Crippen LogP contribution in [0.1, 0.15) is 72.8 Å². The molecule has 1 aromatic rings. The Kier molecular flexibility index (Phi) is 5.62. The molecule has 1 heterocycles. The number of furan rings is 1. The minimum Gasteiger partial charge on any atom is -0.457 e. The minimum absolute atomic E-state index is 0.252. The van der Waals surface area contributed by atoms with Crippen molar-refractivity contribution in [1.29, 1.82) is 0 Å². The Morgan fingerprint density at radius 1 is 0.960 bits per heavy atom. The second-order valence-corrected chi connectivity index (χ2v) is 7.20. The van der Waals surface area contributed by atoms with E-state index in [0.29, 0.717) is 0 Å². The van der Waals surface area contributed by atoms with Gasteiger partial charge in [0.2, 0.25) is 5.76 Å². The van der Waals surface area contributed by atoms with E-state index < -0.39 is 40.8 Å². The highest BCUT2D eigenvalue weighted by Crippen LogP contribution is 2.24. The lowest BCUT2D eigenvalue weighted by Crippen LogP contribution is -2.28. The van der Waals surface area contributed by atoms with Gasteiger partial charge in [-0.05, 0) is 41.5 Å². The Labute approximate surface area is 145 Å². The van der Waals surface area contributed by atoms with Gasteiger partial charge in [-0.25, -0.2) is 9.59 Å². The van der Waals surface area contributed by atoms with Crippen LogP contribution in [0, 0.1) is 0 Å². The smallest absolute Gasteiger partial charge is 0.343 e. The number of guanidine groups is 1. The normalized spacial score (nSPS) is 11.6. The molecule has 0 aliphatic rings. The van der Waals surface area contributed by atoms with Gasteiger partial charge in [-0.2, -0.15) is 4.99 Å². The fourth-order valence-electron chi connectivity index (χ4n) is 1.70. The van der Waals surface area contributed by atoms with Crippen LogP contribution < -0.4 is 11.5 Å². The Morgan fingerprint density at radius 3 is 1.88 bits per heavy atom. The lowest BCUT2D eigenvalue weighted by Gasteiger charge is -2.21. The van der Waals surface area contributed by atoms with Crippen LogP contribution in [0.2, 0.25) is 0 Å². The largest absolute Gasteiger partial charge is 0.457 e. The van der Waals surface area contributed by atoms with Crippen LogP contribution >= 0.6 is 0 Å². The number of carbonyl (C=O) groups is 3. The van der Waals surface area contributed by atoms with Crippen molar-refractivity contribution in [3.8, 4) is 0 Å². The van der Waals surface area contributed by atoms with Gasteiger partial charge in [-0.1, -0.05) is 0 Å². The van der Waals surface area contributed by atoms with E-state index in [9.17, 15) is 14.4 Å². The summed E-state index contributed by atoms with van der Waals surface area (Å²) in [4.78, 5) is 40.2. The minimum atomic E-state index is -1.02. The summed E-state index contributed by atoms with van der Waals surface area (Å²) in [6, 6.07) is 0. The standard InChI is InChI=1S/C16H23N3O6/c1-15(2,3)24-12(21)8-7-23-10(11(20)19-14(17)18)9(8)13(22)25-16(4,5)6/h7H,1-6H3,(H4,17,18,19,20). The van der Waals surface area contributed by atoms with E-state index in [0.717, 1.165) is 6.26 Å². The van der Waals surface area contributed by atoms with Gasteiger partial charge in [0.15, 0.2) is 5.96 Å². The van der Waals surface area contributed by atoms with E-state index in [2.05, 4.69) is 4.99 Å². The number of nitrogens with two attached hydrogens (primary N) is 2. The molecule has 0 aliphatic carbocycles. The van der Waals surface area contributed by atoms with Gasteiger partial charge >= 0.3 is 17.8 Å². The van der Waals surface area contributed by atoms with Crippen LogP contribution in [0.5, 0.6) is 0 Å². The summed E-state index contributed by atoms with van der Waals surface area (Å²) in [7, 11) is 0. The molecule has 0 spiro atoms. The first kappa shape index (κ1) is 20.2. The molecular formula is C16H23N3O6. The third-order valence-electron chi connectivity index (χ3n) is 2.44. The SMILES string of the molecule is CC(C)(C)OC(=O)c1coc(C(=O)N=C(N)N)c1C(=O)OC(C)(C)C. The molecule has 1 aromatic heterocycles. The molecule has 4 N–H and O–H groups in total. The lowest BCUT2D eigenvalue weighted by atomic mass is 10.1. The summed E-state index contributed by atoms with van der Waals surface area (Å²) in [5.74, 6) is -3.83. The molecule has 0 saturated carbocycles. The van der Waals surface area contributed by atoms with Gasteiger partial charge in [-0.15, -0.1) is 0 Å². The quantitative estimate of drug-likeness (QED) is 0.473. The topological polar surface area (TPSA) is 147 Å². The molecule has 0 aliphatic heterocycles. The summed E-state index contributed by atoms with van der Waals surface area (Å²) >= 11 is 0. The maximum Gasteiger partial charge on any atom is 0.343 e. The van der Waals surface area contributed by atoms with E-state index in [-0.39, 0.29) is 11.1 Å². The van der Waals surface area contributed by atoms with Crippen molar-refractivity contribution >= 4 is 23.8 Å². The summed E-state index contributed by atoms with van der Waals surface area (Å²) in [6.07, 6.45) is 0.933. The first-order chi connectivity index (χ1) is 11.2. The molecule has 9 heteroatoms. The van der Waals surface area contributed by atoms with E-state index in [1.54, 1.807) is 41.5 Å². The van der Waals surface area contributed by atoms with E-state index in [4.69, 9.17) is 25.4 Å². The molecule has 138 valence electrons. The molecule has 0 fully saturated rings. The molecule has 0 aromatic carbocycles. The van der Waals surface area contributed by atoms with Crippen molar-refractivity contribution in [1.82, 2.24) is 0 Å². The molecule has 0 bridgehead atoms. The van der Waals surface area contributed by atoms with Crippen molar-refractivity contribution in [3.05, 3.63) is 23.2 Å². The zero-order valence-electron chi connectivity index (χ0n) is 15.1. The van der Waals surface area contributed by atoms with Crippen LogP contribution in [0.3, 0.4) is 0 Å². The number of hydrogen-bond donors (Lipinski definition) is 2. The highest BCUT2D eigenvalue weighted by Gasteiger charge is 2.34. The number of esters is 2. The number of nitrogens with zero attached hydrogens (tertiary/aromatic N) is 1. The van der Waals surface area contributed by atoms with Crippen molar-refractivity contribution in [3.63, 3.8) is 0 Å². The summed E-state index contributed by atoms with van der Waals surface area (Å²) in [5, 5.41) is 0. The average molecular weight is 353 g/mol. The zero-order chi connectivity index (χ0) is 19.6. The Bertz CT molecular complexity index is 715. The summed E-state index contributed by atoms with van der Waals surface area (Å²) < 4.78 is 15.5. The van der Waals surface area contributed by atoms with Gasteiger partial charge in [0.1, 0.15) is 28.6 Å². The summed E-state index contributed by atoms with van der Waals surface area (Å²) in [5.41, 5.74) is 8.01. The molecule has 1 rings (SSSR count). The maximum atomic E-state index is 12.5. The Hall–Kier alpha value is -2.84. The maximum absolute atomic E-state index is 12.5. The number of hydrogen-bond acceptors (Lipinski definition) is 6. The van der Waals surface area contributed by atoms with Crippen molar-refractivity contribution in [2.75, 3.05) is 0 Å². The van der Waals surface area contributed by atoms with E-state index in [1.807, 2.05) is 0 Å². The number of aliphatic imine (C=N–C) groups is 1. The third-order valence-corrected chi connectivity index (χ3v) is 2.44. The van der Waals surface area contributed by atoms with Gasteiger partial charge in [-0.3, -0.25) is 4.79 Å². The second-order valence-electron chi connectivity index (χ2n) is 7.20. The van der Waals surface area contributed by atoms with E-state index >= 15 is 0 Å². The van der Waals surface area contributed by atoms with Gasteiger partial charge in [0.05, 0.1) is 0 Å². The summed E-state index contributed by atoms with van der Waals surface area (Å²) in [6.45, 7) is 9.87. The van der Waals surface area contributed by atoms with Crippen molar-refractivity contribution in [2.45, 2.75) is 52.7 Å². The second kappa shape index (κ2) is 6.96. The number of ether oxygens (including phenoxy) is 2. The first-order valence-corrected chi connectivity index (χ1v) is 7.43. The van der Waals surface area contributed by atoms with Crippen LogP contribution in [-0.2, 0) is 9.47 Å². The monoisotopic (exact) mass is 353 g/mol. The van der Waals surface area contributed by atoms with Gasteiger partial charge in [0.25, 0.3) is 0 Å². The highest BCUT2D eigenvalue weighted by molar-refractivity contribution is 6.12. The van der Waals surface area contributed by atoms with Crippen LogP contribution in [0.15, 0.2) is 15.7 Å². The van der Waals surface area contributed by atoms with Crippen LogP contribution in [0.25, 0.3) is 0 Å². The van der Waals surface area contributed by atoms with Crippen molar-refractivity contribution in [2.24, 2.45) is 16.5 Å². The predicted octanol–water partition coefficient (Wildman–Crippen LogP) is 1.60. The van der Waals surface area contributed by atoms with Gasteiger partial charge < -0.3 is 25.4 Å². The Balaban J connectivity index is 3.42. The molecule has 1 amide bonds. The molecule has 0 saturated heterocycles.